The number of aromatic nitrogens is 2. The maximum Gasteiger partial charge on any atom is 0.240 e. The average molecular weight is 258 g/mol. The predicted octanol–water partition coefficient (Wildman–Crippen LogP) is 0.789. The maximum absolute atomic E-state index is 11.5. The average Bonchev–Trinajstić information content (AvgIpc) is 2.89. The smallest absolute Gasteiger partial charge is 0.240 e. The number of aromatic hydroxyl groups is 1. The molecule has 1 saturated heterocycles. The van der Waals surface area contributed by atoms with Gasteiger partial charge in [-0.25, -0.2) is 4.98 Å². The van der Waals surface area contributed by atoms with Crippen molar-refractivity contribution in [1.82, 2.24) is 9.97 Å². The van der Waals surface area contributed by atoms with E-state index in [9.17, 15) is 9.90 Å². The number of anilines is 1. The molecule has 0 unspecified atom stereocenters. The van der Waals surface area contributed by atoms with E-state index in [4.69, 9.17) is 5.73 Å². The zero-order valence-electron chi connectivity index (χ0n) is 10.3. The molecule has 0 aliphatic carbocycles. The normalized spacial score (nSPS) is 18.9. The zero-order valence-corrected chi connectivity index (χ0v) is 10.3. The number of amides is 1. The SMILES string of the molecule is NC(=O)[C@@H]1CCCN1c1ncc(O)c2ncccc12. The number of rotatable bonds is 2. The van der Waals surface area contributed by atoms with E-state index in [1.54, 1.807) is 12.3 Å². The number of carbonyl (C=O) groups is 1. The van der Waals surface area contributed by atoms with Gasteiger partial charge in [-0.1, -0.05) is 0 Å². The van der Waals surface area contributed by atoms with Gasteiger partial charge in [0.05, 0.1) is 6.20 Å². The highest BCUT2D eigenvalue weighted by Crippen LogP contribution is 2.32. The molecule has 2 aromatic rings. The number of nitrogens with zero attached hydrogens (tertiary/aromatic N) is 3. The molecule has 19 heavy (non-hydrogen) atoms. The van der Waals surface area contributed by atoms with Gasteiger partial charge in [-0.3, -0.25) is 9.78 Å². The Labute approximate surface area is 109 Å². The molecular weight excluding hydrogens is 244 g/mol. The number of carbonyl (C=O) groups excluding carboxylic acids is 1. The topological polar surface area (TPSA) is 92.3 Å². The highest BCUT2D eigenvalue weighted by molar-refractivity contribution is 5.95. The lowest BCUT2D eigenvalue weighted by atomic mass is 10.2. The fraction of sp³-hybridized carbons (Fsp3) is 0.308. The molecule has 1 aliphatic rings. The summed E-state index contributed by atoms with van der Waals surface area (Å²) in [6.07, 6.45) is 4.61. The molecule has 1 atom stereocenters. The van der Waals surface area contributed by atoms with Gasteiger partial charge in [0.25, 0.3) is 0 Å². The number of primary amides is 1. The Kier molecular flexibility index (Phi) is 2.70. The Morgan fingerprint density at radius 2 is 2.32 bits per heavy atom. The van der Waals surface area contributed by atoms with Crippen molar-refractivity contribution in [3.8, 4) is 5.75 Å². The summed E-state index contributed by atoms with van der Waals surface area (Å²) in [6, 6.07) is 3.28. The molecule has 1 fully saturated rings. The Bertz CT molecular complexity index is 644. The van der Waals surface area contributed by atoms with Crippen molar-refractivity contribution in [1.29, 1.82) is 0 Å². The van der Waals surface area contributed by atoms with Gasteiger partial charge in [-0.05, 0) is 25.0 Å². The Morgan fingerprint density at radius 1 is 1.47 bits per heavy atom. The minimum Gasteiger partial charge on any atom is -0.504 e. The lowest BCUT2D eigenvalue weighted by molar-refractivity contribution is -0.119. The summed E-state index contributed by atoms with van der Waals surface area (Å²) in [7, 11) is 0. The van der Waals surface area contributed by atoms with E-state index < -0.39 is 0 Å². The van der Waals surface area contributed by atoms with E-state index in [2.05, 4.69) is 9.97 Å². The molecule has 0 radical (unpaired) electrons. The first-order valence-electron chi connectivity index (χ1n) is 6.17. The highest BCUT2D eigenvalue weighted by Gasteiger charge is 2.31. The third-order valence-electron chi connectivity index (χ3n) is 3.45. The van der Waals surface area contributed by atoms with Gasteiger partial charge in [0.2, 0.25) is 5.91 Å². The molecule has 1 amide bonds. The summed E-state index contributed by atoms with van der Waals surface area (Å²) < 4.78 is 0. The van der Waals surface area contributed by atoms with Gasteiger partial charge in [0.15, 0.2) is 5.75 Å². The van der Waals surface area contributed by atoms with Crippen LogP contribution in [0.2, 0.25) is 0 Å². The molecule has 0 saturated carbocycles. The third-order valence-corrected chi connectivity index (χ3v) is 3.45. The molecule has 3 rings (SSSR count). The van der Waals surface area contributed by atoms with E-state index in [1.807, 2.05) is 11.0 Å². The second-order valence-electron chi connectivity index (χ2n) is 4.62. The van der Waals surface area contributed by atoms with Crippen molar-refractivity contribution >= 4 is 22.6 Å². The molecule has 3 N–H and O–H groups in total. The summed E-state index contributed by atoms with van der Waals surface area (Å²) >= 11 is 0. The van der Waals surface area contributed by atoms with Crippen LogP contribution in [0.5, 0.6) is 5.75 Å². The van der Waals surface area contributed by atoms with Gasteiger partial charge in [0.1, 0.15) is 17.4 Å². The molecule has 98 valence electrons. The van der Waals surface area contributed by atoms with E-state index in [0.29, 0.717) is 11.3 Å². The zero-order chi connectivity index (χ0) is 13.4. The Balaban J connectivity index is 2.15. The second-order valence-corrected chi connectivity index (χ2v) is 4.62. The minimum atomic E-state index is -0.343. The van der Waals surface area contributed by atoms with Crippen LogP contribution in [0.3, 0.4) is 0 Å². The third kappa shape index (κ3) is 1.85. The van der Waals surface area contributed by atoms with Crippen LogP contribution in [0, 0.1) is 0 Å². The van der Waals surface area contributed by atoms with E-state index in [1.165, 1.54) is 6.20 Å². The van der Waals surface area contributed by atoms with Gasteiger partial charge in [-0.2, -0.15) is 0 Å². The molecule has 0 aromatic carbocycles. The molecule has 2 aromatic heterocycles. The van der Waals surface area contributed by atoms with Gasteiger partial charge >= 0.3 is 0 Å². The van der Waals surface area contributed by atoms with E-state index in [0.717, 1.165) is 24.8 Å². The van der Waals surface area contributed by atoms with E-state index in [-0.39, 0.29) is 17.7 Å². The summed E-state index contributed by atoms with van der Waals surface area (Å²) in [5.74, 6) is 0.348. The van der Waals surface area contributed by atoms with Crippen LogP contribution in [-0.4, -0.2) is 33.6 Å². The van der Waals surface area contributed by atoms with Gasteiger partial charge < -0.3 is 15.7 Å². The number of hydrogen-bond donors (Lipinski definition) is 2. The molecular formula is C13H14N4O2. The lowest BCUT2D eigenvalue weighted by Crippen LogP contribution is -2.40. The molecule has 6 heteroatoms. The first-order valence-corrected chi connectivity index (χ1v) is 6.17. The Morgan fingerprint density at radius 3 is 3.11 bits per heavy atom. The second kappa shape index (κ2) is 4.38. The van der Waals surface area contributed by atoms with Gasteiger partial charge in [0, 0.05) is 18.1 Å². The first kappa shape index (κ1) is 11.7. The van der Waals surface area contributed by atoms with Crippen molar-refractivity contribution < 1.29 is 9.90 Å². The predicted molar refractivity (Wildman–Crippen MR) is 70.8 cm³/mol. The van der Waals surface area contributed by atoms with Crippen molar-refractivity contribution in [2.24, 2.45) is 5.73 Å². The summed E-state index contributed by atoms with van der Waals surface area (Å²) in [5.41, 5.74) is 5.91. The van der Waals surface area contributed by atoms with Crippen molar-refractivity contribution in [3.63, 3.8) is 0 Å². The standard InChI is InChI=1S/C13H14N4O2/c14-12(19)9-4-2-6-17(9)13-8-3-1-5-15-11(8)10(18)7-16-13/h1,3,5,7,9,18H,2,4,6H2,(H2,14,19)/t9-/m0/s1. The van der Waals surface area contributed by atoms with E-state index >= 15 is 0 Å². The lowest BCUT2D eigenvalue weighted by Gasteiger charge is -2.24. The van der Waals surface area contributed by atoms with Crippen LogP contribution < -0.4 is 10.6 Å². The number of pyridine rings is 2. The fourth-order valence-corrected chi connectivity index (χ4v) is 2.59. The molecule has 0 spiro atoms. The van der Waals surface area contributed by atoms with Crippen LogP contribution in [-0.2, 0) is 4.79 Å². The van der Waals surface area contributed by atoms with Crippen molar-refractivity contribution in [2.75, 3.05) is 11.4 Å². The monoisotopic (exact) mass is 258 g/mol. The maximum atomic E-state index is 11.5. The van der Waals surface area contributed by atoms with Gasteiger partial charge in [-0.15, -0.1) is 0 Å². The van der Waals surface area contributed by atoms with Crippen LogP contribution >= 0.6 is 0 Å². The Hall–Kier alpha value is -2.37. The molecule has 3 heterocycles. The van der Waals surface area contributed by atoms with Crippen molar-refractivity contribution in [2.45, 2.75) is 18.9 Å². The minimum absolute atomic E-state index is 0.0363. The number of hydrogen-bond acceptors (Lipinski definition) is 5. The van der Waals surface area contributed by atoms with Crippen LogP contribution in [0.4, 0.5) is 5.82 Å². The fourth-order valence-electron chi connectivity index (χ4n) is 2.59. The molecule has 0 bridgehead atoms. The highest BCUT2D eigenvalue weighted by atomic mass is 16.3. The quantitative estimate of drug-likeness (QED) is 0.830. The number of nitrogens with two attached hydrogens (primary N) is 1. The molecule has 6 nitrogen and oxygen atoms in total. The summed E-state index contributed by atoms with van der Waals surface area (Å²) in [5, 5.41) is 10.5. The summed E-state index contributed by atoms with van der Waals surface area (Å²) in [6.45, 7) is 0.732. The van der Waals surface area contributed by atoms with Crippen LogP contribution in [0.25, 0.3) is 10.9 Å². The molecule has 1 aliphatic heterocycles. The first-order chi connectivity index (χ1) is 9.18. The number of fused-ring (bicyclic) bond motifs is 1. The largest absolute Gasteiger partial charge is 0.504 e. The van der Waals surface area contributed by atoms with Crippen molar-refractivity contribution in [3.05, 3.63) is 24.5 Å². The summed E-state index contributed by atoms with van der Waals surface area (Å²) in [4.78, 5) is 21.8. The van der Waals surface area contributed by atoms with Crippen LogP contribution in [0.1, 0.15) is 12.8 Å². The van der Waals surface area contributed by atoms with Crippen LogP contribution in [0.15, 0.2) is 24.5 Å².